The molecule has 32 heavy (non-hydrogen) atoms. The Kier molecular flexibility index (Phi) is 6.30. The van der Waals surface area contributed by atoms with Crippen LogP contribution >= 0.6 is 0 Å². The third kappa shape index (κ3) is 4.14. The van der Waals surface area contributed by atoms with Crippen LogP contribution in [0.25, 0.3) is 5.69 Å². The van der Waals surface area contributed by atoms with Crippen LogP contribution in [0.2, 0.25) is 0 Å². The molecule has 2 aromatic carbocycles. The summed E-state index contributed by atoms with van der Waals surface area (Å²) in [6, 6.07) is 11.5. The molecule has 170 valence electrons. The monoisotopic (exact) mass is 459 g/mol. The fraction of sp³-hybridized carbons (Fsp3) is 0.391. The van der Waals surface area contributed by atoms with Crippen molar-refractivity contribution in [1.29, 1.82) is 0 Å². The molecule has 1 fully saturated rings. The first kappa shape index (κ1) is 22.4. The lowest BCUT2D eigenvalue weighted by Crippen LogP contribution is -2.18. The molecule has 1 aliphatic rings. The van der Waals surface area contributed by atoms with Gasteiger partial charge >= 0.3 is 0 Å². The Hall–Kier alpha value is -2.78. The Morgan fingerprint density at radius 3 is 2.69 bits per heavy atom. The van der Waals surface area contributed by atoms with Gasteiger partial charge in [0, 0.05) is 12.2 Å². The van der Waals surface area contributed by atoms with E-state index in [0.717, 1.165) is 18.4 Å². The van der Waals surface area contributed by atoms with Crippen LogP contribution < -0.4 is 4.74 Å². The van der Waals surface area contributed by atoms with E-state index in [9.17, 15) is 12.8 Å². The maximum atomic E-state index is 14.3. The molecule has 0 spiro atoms. The molecular weight excluding hydrogens is 433 g/mol. The van der Waals surface area contributed by atoms with Gasteiger partial charge in [-0.3, -0.25) is 4.57 Å². The van der Waals surface area contributed by atoms with Crippen molar-refractivity contribution in [3.8, 4) is 11.4 Å². The zero-order valence-electron chi connectivity index (χ0n) is 18.3. The summed E-state index contributed by atoms with van der Waals surface area (Å²) < 4.78 is 54.0. The number of para-hydroxylation sites is 1. The predicted molar refractivity (Wildman–Crippen MR) is 118 cm³/mol. The number of hydrogen-bond acceptors (Lipinski definition) is 6. The van der Waals surface area contributed by atoms with Gasteiger partial charge in [0.2, 0.25) is 0 Å². The van der Waals surface area contributed by atoms with Gasteiger partial charge in [-0.15, -0.1) is 10.2 Å². The summed E-state index contributed by atoms with van der Waals surface area (Å²) in [6.45, 7) is 4.02. The quantitative estimate of drug-likeness (QED) is 0.525. The van der Waals surface area contributed by atoms with E-state index in [4.69, 9.17) is 9.47 Å². The van der Waals surface area contributed by atoms with Crippen LogP contribution in [0.1, 0.15) is 53.9 Å². The van der Waals surface area contributed by atoms with Crippen molar-refractivity contribution in [3.63, 3.8) is 0 Å². The van der Waals surface area contributed by atoms with Gasteiger partial charge < -0.3 is 9.47 Å². The van der Waals surface area contributed by atoms with Crippen molar-refractivity contribution in [1.82, 2.24) is 14.8 Å². The maximum absolute atomic E-state index is 14.3. The molecule has 0 radical (unpaired) electrons. The van der Waals surface area contributed by atoms with Crippen molar-refractivity contribution in [3.05, 3.63) is 71.1 Å². The predicted octanol–water partition coefficient (Wildman–Crippen LogP) is 4.25. The van der Waals surface area contributed by atoms with E-state index in [2.05, 4.69) is 10.2 Å². The smallest absolute Gasteiger partial charge is 0.167 e. The third-order valence-electron chi connectivity index (χ3n) is 5.83. The van der Waals surface area contributed by atoms with Crippen LogP contribution in [0, 0.1) is 12.7 Å². The summed E-state index contributed by atoms with van der Waals surface area (Å²) in [6.07, 6.45) is 1.37. The molecule has 4 rings (SSSR count). The lowest BCUT2D eigenvalue weighted by molar-refractivity contribution is 0.103. The molecule has 0 N–H and O–H groups in total. The van der Waals surface area contributed by atoms with Gasteiger partial charge in [-0.25, -0.2) is 12.8 Å². The third-order valence-corrected chi connectivity index (χ3v) is 7.82. The minimum Gasteiger partial charge on any atom is -0.495 e. The van der Waals surface area contributed by atoms with Crippen LogP contribution in [0.15, 0.2) is 42.5 Å². The highest BCUT2D eigenvalue weighted by Gasteiger charge is 2.32. The fourth-order valence-electron chi connectivity index (χ4n) is 4.04. The van der Waals surface area contributed by atoms with Crippen LogP contribution in [0.5, 0.6) is 5.75 Å². The molecule has 9 heteroatoms. The summed E-state index contributed by atoms with van der Waals surface area (Å²) in [4.78, 5) is 0. The highest BCUT2D eigenvalue weighted by Crippen LogP contribution is 2.35. The minimum atomic E-state index is -3.81. The molecule has 2 atom stereocenters. The largest absolute Gasteiger partial charge is 0.495 e. The summed E-state index contributed by atoms with van der Waals surface area (Å²) in [7, 11) is -2.25. The van der Waals surface area contributed by atoms with Crippen molar-refractivity contribution < 1.29 is 22.3 Å². The first-order valence-electron chi connectivity index (χ1n) is 10.5. The second kappa shape index (κ2) is 8.99. The first-order chi connectivity index (χ1) is 15.3. The maximum Gasteiger partial charge on any atom is 0.167 e. The second-order valence-electron chi connectivity index (χ2n) is 7.91. The molecule has 7 nitrogen and oxygen atoms in total. The number of halogens is 1. The lowest BCUT2D eigenvalue weighted by Gasteiger charge is -2.19. The van der Waals surface area contributed by atoms with Crippen molar-refractivity contribution >= 4 is 9.84 Å². The van der Waals surface area contributed by atoms with E-state index < -0.39 is 26.7 Å². The van der Waals surface area contributed by atoms with Gasteiger partial charge in [0.25, 0.3) is 0 Å². The number of ether oxygens (including phenoxy) is 2. The number of benzene rings is 2. The normalized spacial score (nSPS) is 17.4. The van der Waals surface area contributed by atoms with Gasteiger partial charge in [0.1, 0.15) is 23.4 Å². The van der Waals surface area contributed by atoms with Crippen LogP contribution in [0.4, 0.5) is 4.39 Å². The average Bonchev–Trinajstić information content (AvgIpc) is 3.43. The molecule has 1 aromatic heterocycles. The highest BCUT2D eigenvalue weighted by molar-refractivity contribution is 7.90. The molecule has 3 aromatic rings. The molecule has 2 heterocycles. The van der Waals surface area contributed by atoms with Gasteiger partial charge in [-0.1, -0.05) is 30.3 Å². The Labute approximate surface area is 187 Å². The second-order valence-corrected chi connectivity index (χ2v) is 10.2. The summed E-state index contributed by atoms with van der Waals surface area (Å²) in [5.74, 6) is 0.403. The van der Waals surface area contributed by atoms with Crippen molar-refractivity contribution in [2.75, 3.05) is 13.7 Å². The molecular formula is C23H26FN3O4S. The van der Waals surface area contributed by atoms with Crippen molar-refractivity contribution in [2.24, 2.45) is 0 Å². The topological polar surface area (TPSA) is 83.3 Å². The molecule has 0 bridgehead atoms. The van der Waals surface area contributed by atoms with Crippen molar-refractivity contribution in [2.45, 2.75) is 43.8 Å². The number of hydrogen-bond donors (Lipinski definition) is 0. The number of sulfone groups is 1. The lowest BCUT2D eigenvalue weighted by atomic mass is 10.1. The fourth-order valence-corrected chi connectivity index (χ4v) is 5.42. The van der Waals surface area contributed by atoms with E-state index in [1.54, 1.807) is 17.7 Å². The van der Waals surface area contributed by atoms with Crippen LogP contribution in [-0.4, -0.2) is 36.9 Å². The standard InChI is InChI=1S/C23H26FN3O4S/c1-15-8-6-11-19(30-3)22(15)27-21(25-26-23(27)20-12-7-13-31-20)14-32(28,29)16(2)17-9-4-5-10-18(17)24/h4-6,8-11,16,20H,7,12-14H2,1-3H3/t16-,20+/m1/s1. The molecule has 0 saturated carbocycles. The average molecular weight is 460 g/mol. The summed E-state index contributed by atoms with van der Waals surface area (Å²) in [5.41, 5.74) is 1.69. The number of aromatic nitrogens is 3. The van der Waals surface area contributed by atoms with Crippen LogP contribution in [-0.2, 0) is 20.3 Å². The number of nitrogens with zero attached hydrogens (tertiary/aromatic N) is 3. The van der Waals surface area contributed by atoms with Gasteiger partial charge in [-0.05, 0) is 44.4 Å². The Balaban J connectivity index is 1.81. The van der Waals surface area contributed by atoms with E-state index in [0.29, 0.717) is 23.9 Å². The van der Waals surface area contributed by atoms with Gasteiger partial charge in [-0.2, -0.15) is 0 Å². The molecule has 0 unspecified atom stereocenters. The van der Waals surface area contributed by atoms with E-state index in [1.165, 1.54) is 25.1 Å². The van der Waals surface area contributed by atoms with E-state index in [-0.39, 0.29) is 17.5 Å². The molecule has 1 aliphatic heterocycles. The van der Waals surface area contributed by atoms with E-state index >= 15 is 0 Å². The Morgan fingerprint density at radius 2 is 2.00 bits per heavy atom. The Bertz CT molecular complexity index is 1220. The molecule has 0 aliphatic carbocycles. The van der Waals surface area contributed by atoms with Crippen LogP contribution in [0.3, 0.4) is 0 Å². The summed E-state index contributed by atoms with van der Waals surface area (Å²) in [5, 5.41) is 7.52. The SMILES string of the molecule is COc1cccc(C)c1-n1c(CS(=O)(=O)[C@H](C)c2ccccc2F)nnc1[C@@H]1CCCO1. The highest BCUT2D eigenvalue weighted by atomic mass is 32.2. The Morgan fingerprint density at radius 1 is 1.22 bits per heavy atom. The molecule has 1 saturated heterocycles. The first-order valence-corrected chi connectivity index (χ1v) is 12.2. The number of methoxy groups -OCH3 is 1. The van der Waals surface area contributed by atoms with E-state index in [1.807, 2.05) is 25.1 Å². The number of rotatable bonds is 7. The molecule has 0 amide bonds. The zero-order chi connectivity index (χ0) is 22.9. The summed E-state index contributed by atoms with van der Waals surface area (Å²) >= 11 is 0. The van der Waals surface area contributed by atoms with Gasteiger partial charge in [0.15, 0.2) is 21.5 Å². The van der Waals surface area contributed by atoms with Gasteiger partial charge in [0.05, 0.1) is 18.0 Å². The minimum absolute atomic E-state index is 0.131. The number of aryl methyl sites for hydroxylation is 1. The zero-order valence-corrected chi connectivity index (χ0v) is 19.1.